The predicted octanol–water partition coefficient (Wildman–Crippen LogP) is 2.44. The van der Waals surface area contributed by atoms with Gasteiger partial charge in [0.25, 0.3) is 0 Å². The number of hydrogen-bond donors (Lipinski definition) is 1. The molecule has 2 aliphatic rings. The third kappa shape index (κ3) is 4.43. The molecule has 0 unspecified atom stereocenters. The summed E-state index contributed by atoms with van der Waals surface area (Å²) in [6.07, 6.45) is 4.32. The molecule has 0 bridgehead atoms. The highest BCUT2D eigenvalue weighted by atomic mass is 32.2. The number of aliphatic imine (C=N–C) groups is 1. The molecule has 0 spiro atoms. The fourth-order valence-electron chi connectivity index (χ4n) is 3.64. The van der Waals surface area contributed by atoms with Gasteiger partial charge in [0.15, 0.2) is 5.96 Å². The molecule has 5 nitrogen and oxygen atoms in total. The van der Waals surface area contributed by atoms with E-state index in [2.05, 4.69) is 26.4 Å². The topological polar surface area (TPSA) is 40.1 Å². The zero-order chi connectivity index (χ0) is 18.4. The van der Waals surface area contributed by atoms with Gasteiger partial charge in [0.2, 0.25) is 0 Å². The molecule has 0 aromatic heterocycles. The number of anilines is 1. The minimum Gasteiger partial charge on any atom is -0.381 e. The first kappa shape index (κ1) is 19.3. The number of thioether (sulfide) groups is 1. The molecular weight excluding hydrogens is 351 g/mol. The van der Waals surface area contributed by atoms with Gasteiger partial charge in [0, 0.05) is 57.7 Å². The Morgan fingerprint density at radius 1 is 1.23 bits per heavy atom. The van der Waals surface area contributed by atoms with Crippen LogP contribution in [0.4, 0.5) is 10.1 Å². The number of nitrogens with one attached hydrogen (secondary N) is 1. The first-order valence-electron chi connectivity index (χ1n) is 9.25. The first-order valence-corrected chi connectivity index (χ1v) is 10.5. The molecule has 0 aliphatic carbocycles. The lowest BCUT2D eigenvalue weighted by Gasteiger charge is -2.40. The van der Waals surface area contributed by atoms with Crippen LogP contribution in [-0.2, 0) is 4.74 Å². The van der Waals surface area contributed by atoms with Crippen LogP contribution in [0.1, 0.15) is 12.8 Å². The largest absolute Gasteiger partial charge is 0.381 e. The first-order chi connectivity index (χ1) is 12.7. The maximum absolute atomic E-state index is 14.0. The second-order valence-corrected chi connectivity index (χ2v) is 8.10. The van der Waals surface area contributed by atoms with E-state index in [1.165, 1.54) is 6.07 Å². The molecule has 0 radical (unpaired) electrons. The van der Waals surface area contributed by atoms with Crippen LogP contribution in [-0.4, -0.2) is 74.8 Å². The van der Waals surface area contributed by atoms with Crippen LogP contribution in [0.15, 0.2) is 29.3 Å². The number of halogens is 1. The van der Waals surface area contributed by atoms with Gasteiger partial charge in [-0.3, -0.25) is 4.99 Å². The Morgan fingerprint density at radius 3 is 2.54 bits per heavy atom. The fraction of sp³-hybridized carbons (Fsp3) is 0.632. The normalized spacial score (nSPS) is 21.0. The lowest BCUT2D eigenvalue weighted by molar-refractivity contribution is 0.0781. The molecule has 1 N–H and O–H groups in total. The van der Waals surface area contributed by atoms with E-state index >= 15 is 0 Å². The van der Waals surface area contributed by atoms with E-state index in [4.69, 9.17) is 4.74 Å². The number of nitrogens with zero attached hydrogens (tertiary/aromatic N) is 3. The predicted molar refractivity (Wildman–Crippen MR) is 108 cm³/mol. The summed E-state index contributed by atoms with van der Waals surface area (Å²) in [6.45, 7) is 5.83. The van der Waals surface area contributed by atoms with Gasteiger partial charge in [-0.2, -0.15) is 11.8 Å². The summed E-state index contributed by atoms with van der Waals surface area (Å²) in [4.78, 5) is 8.86. The molecular formula is C19H29FN4OS. The van der Waals surface area contributed by atoms with Crippen molar-refractivity contribution in [1.29, 1.82) is 0 Å². The van der Waals surface area contributed by atoms with Gasteiger partial charge >= 0.3 is 0 Å². The van der Waals surface area contributed by atoms with Crippen molar-refractivity contribution in [2.24, 2.45) is 4.99 Å². The van der Waals surface area contributed by atoms with Gasteiger partial charge in [-0.25, -0.2) is 4.39 Å². The van der Waals surface area contributed by atoms with Crippen LogP contribution >= 0.6 is 11.8 Å². The molecule has 144 valence electrons. The molecule has 1 aromatic rings. The summed E-state index contributed by atoms with van der Waals surface area (Å²) in [6, 6.07) is 7.00. The van der Waals surface area contributed by atoms with Crippen LogP contribution in [0.5, 0.6) is 0 Å². The maximum Gasteiger partial charge on any atom is 0.193 e. The fourth-order valence-corrected chi connectivity index (χ4v) is 4.43. The standard InChI is InChI=1S/C19H29FN4OS/c1-21-18(22-15-19(26-2)7-13-25-14-8-19)24-11-9-23(10-12-24)17-6-4-3-5-16(17)20/h3-6H,7-15H2,1-2H3,(H,21,22). The van der Waals surface area contributed by atoms with Gasteiger partial charge < -0.3 is 19.9 Å². The Labute approximate surface area is 160 Å². The summed E-state index contributed by atoms with van der Waals surface area (Å²) in [5.74, 6) is 0.794. The molecule has 0 amide bonds. The number of para-hydroxylation sites is 1. The molecule has 26 heavy (non-hydrogen) atoms. The summed E-state index contributed by atoms with van der Waals surface area (Å²) in [5, 5.41) is 3.57. The quantitative estimate of drug-likeness (QED) is 0.642. The van der Waals surface area contributed by atoms with E-state index < -0.39 is 0 Å². The molecule has 1 aromatic carbocycles. The molecule has 2 fully saturated rings. The Hall–Kier alpha value is -1.47. The molecule has 3 rings (SSSR count). The van der Waals surface area contributed by atoms with Gasteiger partial charge in [0.05, 0.1) is 5.69 Å². The van der Waals surface area contributed by atoms with Crippen LogP contribution in [0.3, 0.4) is 0 Å². The van der Waals surface area contributed by atoms with Crippen molar-refractivity contribution >= 4 is 23.4 Å². The minimum absolute atomic E-state index is 0.148. The number of ether oxygens (including phenoxy) is 1. The van der Waals surface area contributed by atoms with E-state index in [9.17, 15) is 4.39 Å². The van der Waals surface area contributed by atoms with Crippen molar-refractivity contribution in [3.63, 3.8) is 0 Å². The molecule has 7 heteroatoms. The van der Waals surface area contributed by atoms with Gasteiger partial charge in [-0.15, -0.1) is 0 Å². The van der Waals surface area contributed by atoms with Crippen molar-refractivity contribution in [3.05, 3.63) is 30.1 Å². The lowest BCUT2D eigenvalue weighted by atomic mass is 9.99. The van der Waals surface area contributed by atoms with Crippen molar-refractivity contribution in [2.45, 2.75) is 17.6 Å². The van der Waals surface area contributed by atoms with Gasteiger partial charge in [-0.1, -0.05) is 12.1 Å². The Morgan fingerprint density at radius 2 is 1.92 bits per heavy atom. The van der Waals surface area contributed by atoms with E-state index in [0.717, 1.165) is 64.7 Å². The average Bonchev–Trinajstić information content (AvgIpc) is 2.70. The second-order valence-electron chi connectivity index (χ2n) is 6.83. The molecule has 0 atom stereocenters. The number of hydrogen-bond acceptors (Lipinski definition) is 4. The third-order valence-corrected chi connectivity index (χ3v) is 6.81. The highest BCUT2D eigenvalue weighted by Crippen LogP contribution is 2.33. The smallest absolute Gasteiger partial charge is 0.193 e. The Kier molecular flexibility index (Phi) is 6.64. The monoisotopic (exact) mass is 380 g/mol. The third-order valence-electron chi connectivity index (χ3n) is 5.39. The van der Waals surface area contributed by atoms with Crippen molar-refractivity contribution in [2.75, 3.05) is 64.1 Å². The summed E-state index contributed by atoms with van der Waals surface area (Å²) in [7, 11) is 1.83. The van der Waals surface area contributed by atoms with E-state index in [-0.39, 0.29) is 10.6 Å². The zero-order valence-electron chi connectivity index (χ0n) is 15.7. The van der Waals surface area contributed by atoms with Crippen LogP contribution in [0.25, 0.3) is 0 Å². The van der Waals surface area contributed by atoms with Crippen molar-refractivity contribution in [3.8, 4) is 0 Å². The average molecular weight is 381 g/mol. The SMILES string of the molecule is CN=C(NCC1(SC)CCOCC1)N1CCN(c2ccccc2F)CC1. The Balaban J connectivity index is 1.54. The van der Waals surface area contributed by atoms with E-state index in [1.807, 2.05) is 30.9 Å². The number of guanidine groups is 1. The highest BCUT2D eigenvalue weighted by molar-refractivity contribution is 8.00. The van der Waals surface area contributed by atoms with Gasteiger partial charge in [-0.05, 0) is 31.2 Å². The number of piperazine rings is 1. The summed E-state index contributed by atoms with van der Waals surface area (Å²) >= 11 is 1.93. The van der Waals surface area contributed by atoms with Gasteiger partial charge in [0.1, 0.15) is 5.82 Å². The van der Waals surface area contributed by atoms with E-state index in [1.54, 1.807) is 6.07 Å². The number of rotatable bonds is 4. The number of benzene rings is 1. The summed E-state index contributed by atoms with van der Waals surface area (Å²) < 4.78 is 19.7. The zero-order valence-corrected chi connectivity index (χ0v) is 16.5. The van der Waals surface area contributed by atoms with Crippen molar-refractivity contribution < 1.29 is 9.13 Å². The second kappa shape index (κ2) is 8.95. The van der Waals surface area contributed by atoms with Crippen LogP contribution in [0.2, 0.25) is 0 Å². The molecule has 2 saturated heterocycles. The molecule has 2 heterocycles. The minimum atomic E-state index is -0.148. The molecule has 0 saturated carbocycles. The lowest BCUT2D eigenvalue weighted by Crippen LogP contribution is -2.55. The van der Waals surface area contributed by atoms with Crippen LogP contribution in [0, 0.1) is 5.82 Å². The highest BCUT2D eigenvalue weighted by Gasteiger charge is 2.32. The van der Waals surface area contributed by atoms with E-state index in [0.29, 0.717) is 5.69 Å². The maximum atomic E-state index is 14.0. The Bertz CT molecular complexity index is 613. The summed E-state index contributed by atoms with van der Waals surface area (Å²) in [5.41, 5.74) is 0.693. The van der Waals surface area contributed by atoms with Crippen LogP contribution < -0.4 is 10.2 Å². The molecule has 2 aliphatic heterocycles. The van der Waals surface area contributed by atoms with Crippen molar-refractivity contribution in [1.82, 2.24) is 10.2 Å².